The molecule has 2 aliphatic rings. The van der Waals surface area contributed by atoms with Crippen LogP contribution in [0.25, 0.3) is 23.0 Å². The number of nitrogens with zero attached hydrogens (tertiary/aromatic N) is 4. The molecule has 2 fully saturated rings. The lowest BCUT2D eigenvalue weighted by Crippen LogP contribution is -2.54. The first-order valence-corrected chi connectivity index (χ1v) is 10.3. The molecule has 0 spiro atoms. The van der Waals surface area contributed by atoms with Crippen LogP contribution in [-0.2, 0) is 0 Å². The van der Waals surface area contributed by atoms with E-state index in [1.54, 1.807) is 37.1 Å². The van der Waals surface area contributed by atoms with Gasteiger partial charge in [-0.1, -0.05) is 6.92 Å². The molecule has 2 aromatic heterocycles. The van der Waals surface area contributed by atoms with Gasteiger partial charge in [0.2, 0.25) is 0 Å². The highest BCUT2D eigenvalue weighted by Crippen LogP contribution is 2.35. The van der Waals surface area contributed by atoms with Crippen LogP contribution in [0.4, 0.5) is 4.39 Å². The highest BCUT2D eigenvalue weighted by molar-refractivity contribution is 5.68. The normalized spacial score (nSPS) is 27.3. The molecule has 0 amide bonds. The number of hydrogen-bond donors (Lipinski definition) is 2. The van der Waals surface area contributed by atoms with E-state index in [2.05, 4.69) is 27.2 Å². The lowest BCUT2D eigenvalue weighted by molar-refractivity contribution is 0.148. The number of aromatic nitrogens is 4. The molecule has 5 rings (SSSR count). The van der Waals surface area contributed by atoms with Crippen LogP contribution in [-0.4, -0.2) is 42.9 Å². The van der Waals surface area contributed by atoms with E-state index in [4.69, 9.17) is 0 Å². The molecule has 154 valence electrons. The lowest BCUT2D eigenvalue weighted by Gasteiger charge is -2.42. The molecule has 0 radical (unpaired) electrons. The fourth-order valence-electron chi connectivity index (χ4n) is 4.65. The Morgan fingerprint density at radius 2 is 2.13 bits per heavy atom. The van der Waals surface area contributed by atoms with Crippen molar-refractivity contribution in [2.45, 2.75) is 44.4 Å². The first-order chi connectivity index (χ1) is 14.6. The number of phenols is 1. The van der Waals surface area contributed by atoms with E-state index in [9.17, 15) is 9.50 Å². The molecule has 30 heavy (non-hydrogen) atoms. The van der Waals surface area contributed by atoms with Gasteiger partial charge in [-0.05, 0) is 49.0 Å². The van der Waals surface area contributed by atoms with Crippen molar-refractivity contribution in [3.63, 3.8) is 0 Å². The number of fused-ring (bicyclic) bond motifs is 2. The number of aromatic hydroxyl groups is 1. The Bertz CT molecular complexity index is 1060. The third kappa shape index (κ3) is 3.61. The van der Waals surface area contributed by atoms with Gasteiger partial charge in [0.1, 0.15) is 11.9 Å². The van der Waals surface area contributed by atoms with Crippen LogP contribution < -0.4 is 5.32 Å². The average Bonchev–Trinajstić information content (AvgIpc) is 3.27. The third-order valence-corrected chi connectivity index (χ3v) is 6.05. The minimum atomic E-state index is -0.981. The van der Waals surface area contributed by atoms with Gasteiger partial charge in [-0.2, -0.15) is 0 Å². The smallest absolute Gasteiger partial charge is 0.137 e. The van der Waals surface area contributed by atoms with Gasteiger partial charge in [0.25, 0.3) is 0 Å². The van der Waals surface area contributed by atoms with Crippen molar-refractivity contribution >= 4 is 6.08 Å². The summed E-state index contributed by atoms with van der Waals surface area (Å²) in [5.41, 5.74) is 3.41. The number of benzene rings is 1. The summed E-state index contributed by atoms with van der Waals surface area (Å²) >= 11 is 0. The number of rotatable bonds is 3. The standard InChI is InChI=1S/C23H24FN5O/c1-14-6-16-8-15(23(24)20(7-14)28-16)9-17-11-27-21(12-26-17)19-3-2-18(10-22(19)30)29-5-4-25-13-29/h2-5,9-14,16,20,23,28,30H,6-8H2,1H3/b15-9-/t14-,16?,20?,23-/m1/s1. The molecular weight excluding hydrogens is 381 g/mol. The molecular formula is C23H24FN5O. The Hall–Kier alpha value is -3.06. The van der Waals surface area contributed by atoms with Crippen LogP contribution in [0.1, 0.15) is 31.9 Å². The first kappa shape index (κ1) is 18.9. The van der Waals surface area contributed by atoms with Gasteiger partial charge in [0.15, 0.2) is 0 Å². The number of imidazole rings is 1. The second kappa shape index (κ2) is 7.65. The van der Waals surface area contributed by atoms with Crippen molar-refractivity contribution in [3.05, 3.63) is 60.6 Å². The summed E-state index contributed by atoms with van der Waals surface area (Å²) in [5, 5.41) is 13.9. The van der Waals surface area contributed by atoms with Crippen molar-refractivity contribution in [3.8, 4) is 22.7 Å². The summed E-state index contributed by atoms with van der Waals surface area (Å²) in [4.78, 5) is 12.9. The maximum absolute atomic E-state index is 14.9. The Morgan fingerprint density at radius 1 is 1.23 bits per heavy atom. The topological polar surface area (TPSA) is 75.9 Å². The number of alkyl halides is 1. The third-order valence-electron chi connectivity index (χ3n) is 6.05. The summed E-state index contributed by atoms with van der Waals surface area (Å²) in [5.74, 6) is 0.679. The van der Waals surface area contributed by atoms with Crippen LogP contribution in [0, 0.1) is 5.92 Å². The number of halogens is 1. The zero-order valence-corrected chi connectivity index (χ0v) is 16.7. The minimum absolute atomic E-state index is 0.100. The Kier molecular flexibility index (Phi) is 4.83. The molecule has 1 aromatic carbocycles. The van der Waals surface area contributed by atoms with Gasteiger partial charge >= 0.3 is 0 Å². The Morgan fingerprint density at radius 3 is 2.87 bits per heavy atom. The summed E-state index contributed by atoms with van der Waals surface area (Å²) in [7, 11) is 0. The molecule has 2 aliphatic heterocycles. The summed E-state index contributed by atoms with van der Waals surface area (Å²) in [6.07, 6.45) is 11.9. The van der Waals surface area contributed by atoms with Crippen molar-refractivity contribution in [2.75, 3.05) is 0 Å². The SMILES string of the molecule is C[C@@H]1CC2C/C(=C/c3cnc(-c4ccc(-n5ccnc5)cc4O)cn3)[C@@H](F)C(C1)N2. The van der Waals surface area contributed by atoms with Crippen LogP contribution in [0.5, 0.6) is 5.75 Å². The predicted octanol–water partition coefficient (Wildman–Crippen LogP) is 3.92. The van der Waals surface area contributed by atoms with Crippen LogP contribution >= 0.6 is 0 Å². The Labute approximate surface area is 174 Å². The van der Waals surface area contributed by atoms with Crippen molar-refractivity contribution in [1.82, 2.24) is 24.8 Å². The van der Waals surface area contributed by atoms with Crippen molar-refractivity contribution < 1.29 is 9.50 Å². The fourth-order valence-corrected chi connectivity index (χ4v) is 4.65. The predicted molar refractivity (Wildman–Crippen MR) is 113 cm³/mol. The largest absolute Gasteiger partial charge is 0.507 e. The molecule has 2 unspecified atom stereocenters. The van der Waals surface area contributed by atoms with Gasteiger partial charge in [0, 0.05) is 36.1 Å². The molecule has 7 heteroatoms. The molecule has 3 aromatic rings. The number of piperidine rings is 2. The maximum Gasteiger partial charge on any atom is 0.137 e. The van der Waals surface area contributed by atoms with Crippen molar-refractivity contribution in [1.29, 1.82) is 0 Å². The molecule has 4 atom stereocenters. The second-order valence-electron chi connectivity index (χ2n) is 8.37. The molecule has 4 heterocycles. The van der Waals surface area contributed by atoms with Gasteiger partial charge in [-0.15, -0.1) is 0 Å². The molecule has 0 aliphatic carbocycles. The van der Waals surface area contributed by atoms with Gasteiger partial charge < -0.3 is 15.0 Å². The molecule has 0 saturated carbocycles. The number of hydrogen-bond acceptors (Lipinski definition) is 5. The van der Waals surface area contributed by atoms with Crippen LogP contribution in [0.3, 0.4) is 0 Å². The van der Waals surface area contributed by atoms with Gasteiger partial charge in [0.05, 0.1) is 35.8 Å². The lowest BCUT2D eigenvalue weighted by atomic mass is 9.78. The van der Waals surface area contributed by atoms with E-state index in [-0.39, 0.29) is 11.8 Å². The summed E-state index contributed by atoms with van der Waals surface area (Å²) in [6.45, 7) is 2.20. The van der Waals surface area contributed by atoms with Gasteiger partial charge in [-0.3, -0.25) is 9.97 Å². The van der Waals surface area contributed by atoms with E-state index in [0.29, 0.717) is 35.3 Å². The zero-order valence-electron chi connectivity index (χ0n) is 16.7. The van der Waals surface area contributed by atoms with E-state index < -0.39 is 6.17 Å². The highest BCUT2D eigenvalue weighted by atomic mass is 19.1. The second-order valence-corrected chi connectivity index (χ2v) is 8.37. The van der Waals surface area contributed by atoms with Crippen LogP contribution in [0.2, 0.25) is 0 Å². The van der Waals surface area contributed by atoms with E-state index in [0.717, 1.165) is 24.1 Å². The van der Waals surface area contributed by atoms with Gasteiger partial charge in [-0.25, -0.2) is 9.37 Å². The minimum Gasteiger partial charge on any atom is -0.507 e. The van der Waals surface area contributed by atoms with Crippen LogP contribution in [0.15, 0.2) is 54.9 Å². The maximum atomic E-state index is 14.9. The average molecular weight is 405 g/mol. The number of phenolic OH excluding ortho intramolecular Hbond substituents is 1. The molecule has 2 N–H and O–H groups in total. The highest BCUT2D eigenvalue weighted by Gasteiger charge is 2.38. The summed E-state index contributed by atoms with van der Waals surface area (Å²) in [6, 6.07) is 5.60. The molecule has 2 saturated heterocycles. The van der Waals surface area contributed by atoms with Crippen molar-refractivity contribution in [2.24, 2.45) is 5.92 Å². The van der Waals surface area contributed by atoms with E-state index >= 15 is 0 Å². The molecule has 6 nitrogen and oxygen atoms in total. The monoisotopic (exact) mass is 405 g/mol. The zero-order chi connectivity index (χ0) is 20.7. The fraction of sp³-hybridized carbons (Fsp3) is 0.348. The van der Waals surface area contributed by atoms with E-state index in [1.807, 2.05) is 22.9 Å². The first-order valence-electron chi connectivity index (χ1n) is 10.3. The number of nitrogens with one attached hydrogen (secondary N) is 1. The summed E-state index contributed by atoms with van der Waals surface area (Å²) < 4.78 is 16.7. The Balaban J connectivity index is 1.37. The molecule has 2 bridgehead atoms. The quantitative estimate of drug-likeness (QED) is 0.691. The van der Waals surface area contributed by atoms with E-state index in [1.165, 1.54) is 0 Å².